The zero-order chi connectivity index (χ0) is 17.4. The molecular formula is C18H24N4O2. The van der Waals surface area contributed by atoms with Crippen molar-refractivity contribution in [3.63, 3.8) is 0 Å². The van der Waals surface area contributed by atoms with Crippen molar-refractivity contribution in [3.8, 4) is 5.69 Å². The van der Waals surface area contributed by atoms with Gasteiger partial charge in [-0.05, 0) is 57.7 Å². The predicted octanol–water partition coefficient (Wildman–Crippen LogP) is 2.22. The Kier molecular flexibility index (Phi) is 4.30. The molecule has 0 saturated carbocycles. The Morgan fingerprint density at radius 1 is 1.21 bits per heavy atom. The molecule has 1 saturated heterocycles. The zero-order valence-corrected chi connectivity index (χ0v) is 14.7. The summed E-state index contributed by atoms with van der Waals surface area (Å²) in [6.07, 6.45) is 3.07. The number of piperidine rings is 1. The topological polar surface area (TPSA) is 60.1 Å². The fourth-order valence-electron chi connectivity index (χ4n) is 3.36. The second-order valence-electron chi connectivity index (χ2n) is 6.79. The number of likely N-dealkylation sites (tertiary alicyclic amines) is 1. The maximum absolute atomic E-state index is 12.9. The van der Waals surface area contributed by atoms with Crippen LogP contribution in [-0.4, -0.2) is 37.7 Å². The van der Waals surface area contributed by atoms with Gasteiger partial charge in [0.2, 0.25) is 5.91 Å². The van der Waals surface area contributed by atoms with E-state index < -0.39 is 6.04 Å². The molecule has 1 aliphatic heterocycles. The molecule has 6 nitrogen and oxygen atoms in total. The van der Waals surface area contributed by atoms with Gasteiger partial charge in [0.1, 0.15) is 12.4 Å². The van der Waals surface area contributed by atoms with Crippen molar-refractivity contribution in [2.24, 2.45) is 0 Å². The highest BCUT2D eigenvalue weighted by Gasteiger charge is 2.34. The lowest BCUT2D eigenvalue weighted by atomic mass is 10.0. The minimum atomic E-state index is -0.490. The van der Waals surface area contributed by atoms with Gasteiger partial charge in [-0.15, -0.1) is 0 Å². The van der Waals surface area contributed by atoms with E-state index in [-0.39, 0.29) is 17.6 Å². The monoisotopic (exact) mass is 328 g/mol. The summed E-state index contributed by atoms with van der Waals surface area (Å²) < 4.78 is 3.25. The minimum Gasteiger partial charge on any atom is -0.338 e. The summed E-state index contributed by atoms with van der Waals surface area (Å²) in [6.45, 7) is 8.76. The van der Waals surface area contributed by atoms with E-state index in [4.69, 9.17) is 0 Å². The van der Waals surface area contributed by atoms with Crippen molar-refractivity contribution < 1.29 is 4.79 Å². The van der Waals surface area contributed by atoms with Gasteiger partial charge >= 0.3 is 5.69 Å². The molecular weight excluding hydrogens is 304 g/mol. The summed E-state index contributed by atoms with van der Waals surface area (Å²) >= 11 is 0. The van der Waals surface area contributed by atoms with Crippen molar-refractivity contribution in [1.29, 1.82) is 0 Å². The van der Waals surface area contributed by atoms with Crippen LogP contribution < -0.4 is 5.69 Å². The van der Waals surface area contributed by atoms with Gasteiger partial charge in [0.25, 0.3) is 0 Å². The molecule has 1 fully saturated rings. The van der Waals surface area contributed by atoms with E-state index in [1.807, 2.05) is 50.8 Å². The highest BCUT2D eigenvalue weighted by Crippen LogP contribution is 2.25. The molecule has 1 amide bonds. The van der Waals surface area contributed by atoms with Gasteiger partial charge in [0.05, 0.1) is 5.69 Å². The normalized spacial score (nSPS) is 18.5. The molecule has 2 heterocycles. The number of rotatable bonds is 3. The van der Waals surface area contributed by atoms with Gasteiger partial charge in [0.15, 0.2) is 0 Å². The van der Waals surface area contributed by atoms with Crippen LogP contribution in [0.15, 0.2) is 29.3 Å². The van der Waals surface area contributed by atoms with Crippen LogP contribution >= 0.6 is 0 Å². The van der Waals surface area contributed by atoms with Crippen LogP contribution in [0, 0.1) is 13.8 Å². The first-order valence-corrected chi connectivity index (χ1v) is 8.44. The molecule has 3 rings (SSSR count). The number of carbonyl (C=O) groups excluding carboxylic acids is 1. The maximum Gasteiger partial charge on any atom is 0.364 e. The van der Waals surface area contributed by atoms with Gasteiger partial charge in [-0.2, -0.15) is 4.98 Å². The fraction of sp³-hybridized carbons (Fsp3) is 0.500. The maximum atomic E-state index is 12.9. The van der Waals surface area contributed by atoms with Crippen LogP contribution in [0.5, 0.6) is 0 Å². The summed E-state index contributed by atoms with van der Waals surface area (Å²) in [5, 5.41) is 0. The van der Waals surface area contributed by atoms with Crippen molar-refractivity contribution in [2.45, 2.75) is 52.6 Å². The van der Waals surface area contributed by atoms with Crippen LogP contribution in [0.1, 0.15) is 43.9 Å². The zero-order valence-electron chi connectivity index (χ0n) is 14.7. The van der Waals surface area contributed by atoms with Crippen LogP contribution in [-0.2, 0) is 4.79 Å². The first-order chi connectivity index (χ1) is 11.4. The van der Waals surface area contributed by atoms with Gasteiger partial charge in [-0.1, -0.05) is 12.1 Å². The summed E-state index contributed by atoms with van der Waals surface area (Å²) in [5.41, 5.74) is 2.65. The number of nitrogens with zero attached hydrogens (tertiary/aromatic N) is 4. The Hall–Kier alpha value is -2.37. The molecule has 0 bridgehead atoms. The van der Waals surface area contributed by atoms with Crippen molar-refractivity contribution in [1.82, 2.24) is 19.2 Å². The van der Waals surface area contributed by atoms with Crippen LogP contribution in [0.4, 0.5) is 0 Å². The average Bonchev–Trinajstić information content (AvgIpc) is 2.91. The van der Waals surface area contributed by atoms with E-state index in [2.05, 4.69) is 4.98 Å². The minimum absolute atomic E-state index is 0.00501. The number of aryl methyl sites for hydroxylation is 2. The highest BCUT2D eigenvalue weighted by molar-refractivity contribution is 5.81. The van der Waals surface area contributed by atoms with E-state index >= 15 is 0 Å². The second-order valence-corrected chi connectivity index (χ2v) is 6.79. The summed E-state index contributed by atoms with van der Waals surface area (Å²) in [6, 6.07) is 5.71. The van der Waals surface area contributed by atoms with Crippen LogP contribution in [0.2, 0.25) is 0 Å². The van der Waals surface area contributed by atoms with Gasteiger partial charge in [-0.25, -0.2) is 14.2 Å². The number of hydrogen-bond acceptors (Lipinski definition) is 3. The molecule has 1 aromatic carbocycles. The summed E-state index contributed by atoms with van der Waals surface area (Å²) in [7, 11) is 0. The van der Waals surface area contributed by atoms with Gasteiger partial charge < -0.3 is 4.90 Å². The van der Waals surface area contributed by atoms with E-state index in [1.165, 1.54) is 11.0 Å². The summed E-state index contributed by atoms with van der Waals surface area (Å²) in [5.74, 6) is 0.00501. The molecule has 0 aliphatic carbocycles. The SMILES string of the molecule is Cc1ccc(C)c(-n2cnc(=O)n2C2CCCN(C(C)C)C2=O)c1. The molecule has 1 aromatic heterocycles. The summed E-state index contributed by atoms with van der Waals surface area (Å²) in [4.78, 5) is 31.1. The predicted molar refractivity (Wildman–Crippen MR) is 92.4 cm³/mol. The Balaban J connectivity index is 2.10. The third kappa shape index (κ3) is 2.77. The number of benzene rings is 1. The lowest BCUT2D eigenvalue weighted by Crippen LogP contribution is -2.48. The van der Waals surface area contributed by atoms with E-state index in [9.17, 15) is 9.59 Å². The van der Waals surface area contributed by atoms with Crippen molar-refractivity contribution in [3.05, 3.63) is 46.1 Å². The van der Waals surface area contributed by atoms with Crippen LogP contribution in [0.25, 0.3) is 5.69 Å². The van der Waals surface area contributed by atoms with Gasteiger partial charge in [0, 0.05) is 12.6 Å². The van der Waals surface area contributed by atoms with Crippen LogP contribution in [0.3, 0.4) is 0 Å². The van der Waals surface area contributed by atoms with Crippen molar-refractivity contribution in [2.75, 3.05) is 6.54 Å². The van der Waals surface area contributed by atoms with Gasteiger partial charge in [-0.3, -0.25) is 4.79 Å². The Morgan fingerprint density at radius 3 is 2.67 bits per heavy atom. The third-order valence-electron chi connectivity index (χ3n) is 4.68. The smallest absolute Gasteiger partial charge is 0.338 e. The molecule has 0 N–H and O–H groups in total. The Bertz CT molecular complexity index is 819. The molecule has 0 radical (unpaired) electrons. The fourth-order valence-corrected chi connectivity index (χ4v) is 3.36. The van der Waals surface area contributed by atoms with E-state index in [1.54, 1.807) is 4.68 Å². The Labute approximate surface area is 141 Å². The largest absolute Gasteiger partial charge is 0.364 e. The molecule has 6 heteroatoms. The second kappa shape index (κ2) is 6.26. The van der Waals surface area contributed by atoms with E-state index in [0.717, 1.165) is 29.8 Å². The quantitative estimate of drug-likeness (QED) is 0.868. The molecule has 24 heavy (non-hydrogen) atoms. The standard InChI is InChI=1S/C18H24N4O2/c1-12(2)20-9-5-6-15(17(20)23)22-18(24)19-11-21(22)16-10-13(3)7-8-14(16)4/h7-8,10-12,15H,5-6,9H2,1-4H3. The number of amides is 1. The molecule has 128 valence electrons. The number of aromatic nitrogens is 3. The Morgan fingerprint density at radius 2 is 1.96 bits per heavy atom. The molecule has 2 aromatic rings. The first-order valence-electron chi connectivity index (χ1n) is 8.44. The molecule has 1 atom stereocenters. The highest BCUT2D eigenvalue weighted by atomic mass is 16.2. The average molecular weight is 328 g/mol. The lowest BCUT2D eigenvalue weighted by Gasteiger charge is -2.35. The third-order valence-corrected chi connectivity index (χ3v) is 4.68. The molecule has 0 spiro atoms. The number of carbonyl (C=O) groups is 1. The van der Waals surface area contributed by atoms with Crippen molar-refractivity contribution >= 4 is 5.91 Å². The number of hydrogen-bond donors (Lipinski definition) is 0. The lowest BCUT2D eigenvalue weighted by molar-refractivity contribution is -0.140. The first kappa shape index (κ1) is 16.5. The molecule has 1 unspecified atom stereocenters. The molecule has 1 aliphatic rings. The van der Waals surface area contributed by atoms with E-state index in [0.29, 0.717) is 6.42 Å².